The van der Waals surface area contributed by atoms with Crippen molar-refractivity contribution in [1.29, 1.82) is 0 Å². The maximum absolute atomic E-state index is 12.7. The first-order valence-electron chi connectivity index (χ1n) is 9.19. The summed E-state index contributed by atoms with van der Waals surface area (Å²) in [6, 6.07) is 10.3. The molecule has 3 aromatic heterocycles. The molecule has 0 radical (unpaired) electrons. The van der Waals surface area contributed by atoms with E-state index in [1.807, 2.05) is 24.3 Å². The van der Waals surface area contributed by atoms with Gasteiger partial charge in [-0.05, 0) is 18.2 Å². The molecule has 0 bridgehead atoms. The van der Waals surface area contributed by atoms with E-state index in [1.54, 1.807) is 11.1 Å². The monoisotopic (exact) mass is 392 g/mol. The number of anilines is 3. The van der Waals surface area contributed by atoms with Crippen molar-refractivity contribution >= 4 is 23.4 Å². The number of nitrogens with zero attached hydrogens (tertiary/aromatic N) is 7. The van der Waals surface area contributed by atoms with Crippen LogP contribution in [0.1, 0.15) is 10.5 Å². The Bertz CT molecular complexity index is 1060. The second-order valence-electron chi connectivity index (χ2n) is 6.56. The van der Waals surface area contributed by atoms with Gasteiger partial charge in [0.25, 0.3) is 11.5 Å². The van der Waals surface area contributed by atoms with Gasteiger partial charge in [-0.2, -0.15) is 5.10 Å². The first kappa shape index (κ1) is 18.5. The molecule has 1 fully saturated rings. The molecule has 0 aliphatic carbocycles. The van der Waals surface area contributed by atoms with Gasteiger partial charge in [0.05, 0.1) is 0 Å². The molecule has 4 rings (SSSR count). The summed E-state index contributed by atoms with van der Waals surface area (Å²) in [6.45, 7) is 2.35. The van der Waals surface area contributed by atoms with Gasteiger partial charge in [0.15, 0.2) is 0 Å². The number of aromatic nitrogens is 5. The van der Waals surface area contributed by atoms with Gasteiger partial charge in [-0.1, -0.05) is 6.07 Å². The molecule has 1 amide bonds. The standard InChI is InChI=1S/C19H20N8O2/c1-25-18(28)6-5-14(24-25)19(29)27-10-8-26(9-11-27)17-12-16(21-13-22-17)23-15-4-2-3-7-20-15/h2-7,12-13H,8-11H2,1H3,(H,20,21,22,23). The van der Waals surface area contributed by atoms with Crippen LogP contribution in [0.25, 0.3) is 0 Å². The molecule has 1 aliphatic heterocycles. The van der Waals surface area contributed by atoms with Crippen LogP contribution in [0.4, 0.5) is 17.5 Å². The molecule has 10 heteroatoms. The minimum Gasteiger partial charge on any atom is -0.353 e. The fourth-order valence-corrected chi connectivity index (χ4v) is 3.07. The molecule has 3 aromatic rings. The molecule has 0 aromatic carbocycles. The van der Waals surface area contributed by atoms with Crippen LogP contribution >= 0.6 is 0 Å². The highest BCUT2D eigenvalue weighted by Crippen LogP contribution is 2.19. The summed E-state index contributed by atoms with van der Waals surface area (Å²) >= 11 is 0. The zero-order valence-electron chi connectivity index (χ0n) is 15.9. The van der Waals surface area contributed by atoms with Crippen LogP contribution in [0.3, 0.4) is 0 Å². The summed E-state index contributed by atoms with van der Waals surface area (Å²) in [5, 5.41) is 7.19. The number of carbonyl (C=O) groups excluding carboxylic acids is 1. The van der Waals surface area contributed by atoms with Crippen LogP contribution in [0.5, 0.6) is 0 Å². The topological polar surface area (TPSA) is 109 Å². The summed E-state index contributed by atoms with van der Waals surface area (Å²) in [5.74, 6) is 1.96. The third-order valence-electron chi connectivity index (χ3n) is 4.64. The van der Waals surface area contributed by atoms with Gasteiger partial charge < -0.3 is 15.1 Å². The predicted octanol–water partition coefficient (Wildman–Crippen LogP) is 0.671. The molecule has 0 atom stereocenters. The molecule has 29 heavy (non-hydrogen) atoms. The number of amides is 1. The van der Waals surface area contributed by atoms with Gasteiger partial charge in [-0.15, -0.1) is 0 Å². The maximum Gasteiger partial charge on any atom is 0.274 e. The zero-order chi connectivity index (χ0) is 20.2. The molecule has 0 unspecified atom stereocenters. The summed E-state index contributed by atoms with van der Waals surface area (Å²) in [6.07, 6.45) is 3.21. The smallest absolute Gasteiger partial charge is 0.274 e. The van der Waals surface area contributed by atoms with Crippen molar-refractivity contribution in [3.05, 3.63) is 65.0 Å². The SMILES string of the molecule is Cn1nc(C(=O)N2CCN(c3cc(Nc4ccccn4)ncn3)CC2)ccc1=O. The third kappa shape index (κ3) is 4.21. The third-order valence-corrected chi connectivity index (χ3v) is 4.64. The fourth-order valence-electron chi connectivity index (χ4n) is 3.07. The Balaban J connectivity index is 1.40. The Hall–Kier alpha value is -3.82. The molecule has 10 nitrogen and oxygen atoms in total. The molecular formula is C19H20N8O2. The zero-order valence-corrected chi connectivity index (χ0v) is 15.9. The van der Waals surface area contributed by atoms with E-state index in [1.165, 1.54) is 30.2 Å². The summed E-state index contributed by atoms with van der Waals surface area (Å²) < 4.78 is 1.17. The number of pyridine rings is 1. The van der Waals surface area contributed by atoms with E-state index in [0.717, 1.165) is 5.82 Å². The molecule has 4 heterocycles. The number of rotatable bonds is 4. The van der Waals surface area contributed by atoms with Crippen LogP contribution in [0.2, 0.25) is 0 Å². The highest BCUT2D eigenvalue weighted by atomic mass is 16.2. The van der Waals surface area contributed by atoms with Gasteiger partial charge in [-0.25, -0.2) is 19.6 Å². The van der Waals surface area contributed by atoms with Crippen molar-refractivity contribution in [3.8, 4) is 0 Å². The lowest BCUT2D eigenvalue weighted by Gasteiger charge is -2.35. The van der Waals surface area contributed by atoms with Crippen LogP contribution in [-0.4, -0.2) is 61.7 Å². The van der Waals surface area contributed by atoms with E-state index in [9.17, 15) is 9.59 Å². The Morgan fingerprint density at radius 1 is 1.00 bits per heavy atom. The molecule has 0 spiro atoms. The van der Waals surface area contributed by atoms with E-state index < -0.39 is 0 Å². The highest BCUT2D eigenvalue weighted by Gasteiger charge is 2.24. The first-order valence-corrected chi connectivity index (χ1v) is 9.19. The Morgan fingerprint density at radius 2 is 1.83 bits per heavy atom. The molecule has 1 N–H and O–H groups in total. The quantitative estimate of drug-likeness (QED) is 0.690. The maximum atomic E-state index is 12.7. The Morgan fingerprint density at radius 3 is 2.55 bits per heavy atom. The first-order chi connectivity index (χ1) is 14.1. The van der Waals surface area contributed by atoms with Crippen molar-refractivity contribution in [1.82, 2.24) is 29.6 Å². The van der Waals surface area contributed by atoms with Gasteiger partial charge in [-0.3, -0.25) is 9.59 Å². The highest BCUT2D eigenvalue weighted by molar-refractivity contribution is 5.92. The predicted molar refractivity (Wildman–Crippen MR) is 107 cm³/mol. The fraction of sp³-hybridized carbons (Fsp3) is 0.263. The Kier molecular flexibility index (Phi) is 5.14. The number of aryl methyl sites for hydroxylation is 1. The van der Waals surface area contributed by atoms with E-state index >= 15 is 0 Å². The lowest BCUT2D eigenvalue weighted by atomic mass is 10.2. The molecule has 148 valence electrons. The van der Waals surface area contributed by atoms with E-state index in [4.69, 9.17) is 0 Å². The molecular weight excluding hydrogens is 372 g/mol. The minimum absolute atomic E-state index is 0.180. The number of nitrogens with one attached hydrogen (secondary N) is 1. The van der Waals surface area contributed by atoms with Crippen molar-refractivity contribution in [2.24, 2.45) is 7.05 Å². The molecule has 1 aliphatic rings. The number of hydrogen-bond donors (Lipinski definition) is 1. The number of hydrogen-bond acceptors (Lipinski definition) is 8. The van der Waals surface area contributed by atoms with Gasteiger partial charge in [0, 0.05) is 51.6 Å². The minimum atomic E-state index is -0.245. The van der Waals surface area contributed by atoms with Crippen molar-refractivity contribution in [2.75, 3.05) is 36.4 Å². The normalized spacial score (nSPS) is 14.0. The average molecular weight is 392 g/mol. The van der Waals surface area contributed by atoms with Crippen molar-refractivity contribution in [2.45, 2.75) is 0 Å². The average Bonchev–Trinajstić information content (AvgIpc) is 2.76. The van der Waals surface area contributed by atoms with Crippen LogP contribution in [0.15, 0.2) is 53.7 Å². The number of carbonyl (C=O) groups is 1. The van der Waals surface area contributed by atoms with Gasteiger partial charge >= 0.3 is 0 Å². The van der Waals surface area contributed by atoms with Crippen LogP contribution in [0, 0.1) is 0 Å². The second kappa shape index (κ2) is 8.05. The summed E-state index contributed by atoms with van der Waals surface area (Å²) in [5.41, 5.74) is 0.0229. The van der Waals surface area contributed by atoms with E-state index in [-0.39, 0.29) is 17.2 Å². The second-order valence-corrected chi connectivity index (χ2v) is 6.56. The van der Waals surface area contributed by atoms with Crippen molar-refractivity contribution in [3.63, 3.8) is 0 Å². The van der Waals surface area contributed by atoms with Gasteiger partial charge in [0.2, 0.25) is 0 Å². The summed E-state index contributed by atoms with van der Waals surface area (Å²) in [4.78, 5) is 40.8. The molecule has 1 saturated heterocycles. The van der Waals surface area contributed by atoms with Crippen LogP contribution in [-0.2, 0) is 7.05 Å². The van der Waals surface area contributed by atoms with E-state index in [0.29, 0.717) is 37.8 Å². The lowest BCUT2D eigenvalue weighted by molar-refractivity contribution is 0.0738. The lowest BCUT2D eigenvalue weighted by Crippen LogP contribution is -2.49. The number of piperazine rings is 1. The Labute approximate surface area is 166 Å². The van der Waals surface area contributed by atoms with Crippen molar-refractivity contribution < 1.29 is 4.79 Å². The summed E-state index contributed by atoms with van der Waals surface area (Å²) in [7, 11) is 1.53. The van der Waals surface area contributed by atoms with E-state index in [2.05, 4.69) is 30.3 Å². The van der Waals surface area contributed by atoms with Crippen LogP contribution < -0.4 is 15.8 Å². The van der Waals surface area contributed by atoms with Gasteiger partial charge in [0.1, 0.15) is 29.5 Å². The molecule has 0 saturated carbocycles. The largest absolute Gasteiger partial charge is 0.353 e.